The van der Waals surface area contributed by atoms with Gasteiger partial charge in [0, 0.05) is 16.3 Å². The second-order valence-corrected chi connectivity index (χ2v) is 10.3. The highest BCUT2D eigenvalue weighted by Gasteiger charge is 2.18. The summed E-state index contributed by atoms with van der Waals surface area (Å²) in [6.07, 6.45) is 0. The number of hydrogen-bond acceptors (Lipinski definition) is 1. The zero-order valence-electron chi connectivity index (χ0n) is 40.3. The van der Waals surface area contributed by atoms with Gasteiger partial charge in [-0.05, 0) is 66.6 Å². The zero-order chi connectivity index (χ0) is 44.5. The summed E-state index contributed by atoms with van der Waals surface area (Å²) >= 11 is 0. The van der Waals surface area contributed by atoms with E-state index in [1.807, 2.05) is 48.5 Å². The van der Waals surface area contributed by atoms with Gasteiger partial charge in [0.15, 0.2) is 0 Å². The Morgan fingerprint density at radius 2 is 0.911 bits per heavy atom. The first-order valence-corrected chi connectivity index (χ1v) is 14.1. The Kier molecular flexibility index (Phi) is 3.18. The van der Waals surface area contributed by atoms with E-state index in [9.17, 15) is 11.0 Å². The third kappa shape index (κ3) is 4.09. The van der Waals surface area contributed by atoms with Crippen molar-refractivity contribution in [2.75, 3.05) is 0 Å². The molecule has 1 aromatic heterocycles. The Hall–Kier alpha value is -5.92. The standard InChI is InChI=1S/C44H28O/c1-3-13-29(14-4-1)34-22-11-23-39-43-33(21-12-24-40(43)45-44(34)39)30-25-27-32(28-26-30)42-37-19-9-7-17-35(37)41(31-15-5-2-6-16-31)36-18-8-10-20-38(36)42/h1-28H/i2D,5D,6D,7D,8D,9D,10D,15D,16D,17D,18D,19D,20D,25D,26D,27D,28D. The Morgan fingerprint density at radius 3 is 1.56 bits per heavy atom. The number of para-hydroxylation sites is 1. The van der Waals surface area contributed by atoms with Gasteiger partial charge in [-0.1, -0.05) is 163 Å². The van der Waals surface area contributed by atoms with Gasteiger partial charge in [-0.2, -0.15) is 0 Å². The molecule has 0 atom stereocenters. The maximum absolute atomic E-state index is 9.57. The fourth-order valence-electron chi connectivity index (χ4n) is 5.97. The summed E-state index contributed by atoms with van der Waals surface area (Å²) in [4.78, 5) is 0. The average Bonchev–Trinajstić information content (AvgIpc) is 3.66. The lowest BCUT2D eigenvalue weighted by atomic mass is 9.85. The normalized spacial score (nSPS) is 16.8. The molecule has 1 heteroatoms. The number of hydrogen-bond donors (Lipinski definition) is 0. The van der Waals surface area contributed by atoms with E-state index in [-0.39, 0.29) is 11.1 Å². The molecule has 210 valence electrons. The molecule has 0 radical (unpaired) electrons. The molecule has 9 rings (SSSR count). The molecule has 0 saturated carbocycles. The number of fused-ring (bicyclic) bond motifs is 5. The number of rotatable bonds is 4. The molecular weight excluding hydrogens is 544 g/mol. The van der Waals surface area contributed by atoms with Crippen LogP contribution in [0, 0.1) is 0 Å². The molecule has 8 aromatic carbocycles. The molecule has 45 heavy (non-hydrogen) atoms. The van der Waals surface area contributed by atoms with Crippen molar-refractivity contribution in [3.63, 3.8) is 0 Å². The van der Waals surface area contributed by atoms with Gasteiger partial charge < -0.3 is 4.42 Å². The summed E-state index contributed by atoms with van der Waals surface area (Å²) in [6.45, 7) is 0. The molecule has 9 aromatic rings. The summed E-state index contributed by atoms with van der Waals surface area (Å²) in [6, 6.07) is 6.88. The van der Waals surface area contributed by atoms with Crippen LogP contribution in [0.2, 0.25) is 0 Å². The molecule has 1 heterocycles. The van der Waals surface area contributed by atoms with Crippen molar-refractivity contribution in [3.05, 3.63) is 169 Å². The average molecular weight is 590 g/mol. The summed E-state index contributed by atoms with van der Waals surface area (Å²) in [5.41, 5.74) is 0.529. The van der Waals surface area contributed by atoms with Gasteiger partial charge in [0.1, 0.15) is 11.2 Å². The summed E-state index contributed by atoms with van der Waals surface area (Å²) < 4.78 is 159. The lowest BCUT2D eigenvalue weighted by Gasteiger charge is -2.18. The molecule has 0 aliphatic heterocycles. The van der Waals surface area contributed by atoms with Gasteiger partial charge >= 0.3 is 0 Å². The van der Waals surface area contributed by atoms with Crippen LogP contribution >= 0.6 is 0 Å². The van der Waals surface area contributed by atoms with E-state index < -0.39 is 147 Å². The minimum Gasteiger partial charge on any atom is -0.455 e. The van der Waals surface area contributed by atoms with E-state index in [0.29, 0.717) is 21.9 Å². The Bertz CT molecular complexity index is 3350. The molecule has 0 aliphatic carbocycles. The van der Waals surface area contributed by atoms with Gasteiger partial charge in [-0.15, -0.1) is 0 Å². The second-order valence-electron chi connectivity index (χ2n) is 10.3. The maximum atomic E-state index is 9.57. The zero-order valence-corrected chi connectivity index (χ0v) is 23.3. The fourth-order valence-corrected chi connectivity index (χ4v) is 5.97. The Labute approximate surface area is 285 Å². The maximum Gasteiger partial charge on any atom is 0.143 e. The van der Waals surface area contributed by atoms with Crippen molar-refractivity contribution in [1.29, 1.82) is 0 Å². The SMILES string of the molecule is [2H]c1c([2H])c([2H])c(-c2c3c([2H])c([2H])c([2H])c([2H])c3c(-c3c([2H])c([2H])c(-c4cccc5oc6c(-c7ccccc7)cccc6c45)c([2H])c3[2H])c3c([2H])c([2H])c([2H])c([2H])c23)c([2H])c1[2H]. The highest BCUT2D eigenvalue weighted by molar-refractivity contribution is 6.21. The molecule has 0 saturated heterocycles. The molecule has 0 fully saturated rings. The van der Waals surface area contributed by atoms with Crippen LogP contribution < -0.4 is 0 Å². The summed E-state index contributed by atoms with van der Waals surface area (Å²) in [7, 11) is 0. The minimum atomic E-state index is -0.826. The first kappa shape index (κ1) is 13.8. The lowest BCUT2D eigenvalue weighted by Crippen LogP contribution is -1.90. The van der Waals surface area contributed by atoms with Crippen molar-refractivity contribution >= 4 is 43.5 Å². The van der Waals surface area contributed by atoms with Crippen LogP contribution in [0.3, 0.4) is 0 Å². The van der Waals surface area contributed by atoms with Crippen LogP contribution in [0.15, 0.2) is 174 Å². The second kappa shape index (κ2) is 10.4. The van der Waals surface area contributed by atoms with Crippen molar-refractivity contribution in [1.82, 2.24) is 0 Å². The predicted octanol–water partition coefficient (Wildman–Crippen LogP) is 12.6. The van der Waals surface area contributed by atoms with Crippen LogP contribution in [-0.4, -0.2) is 0 Å². The molecule has 0 amide bonds. The number of benzene rings is 8. The van der Waals surface area contributed by atoms with Crippen molar-refractivity contribution in [3.8, 4) is 44.5 Å². The topological polar surface area (TPSA) is 13.1 Å². The van der Waals surface area contributed by atoms with Crippen LogP contribution in [0.1, 0.15) is 23.3 Å². The van der Waals surface area contributed by atoms with Gasteiger partial charge in [0.25, 0.3) is 0 Å². The molecule has 1 nitrogen and oxygen atoms in total. The Morgan fingerprint density at radius 1 is 0.378 bits per heavy atom. The number of furan rings is 1. The van der Waals surface area contributed by atoms with Crippen LogP contribution in [-0.2, 0) is 0 Å². The highest BCUT2D eigenvalue weighted by atomic mass is 16.3. The molecule has 0 bridgehead atoms. The van der Waals surface area contributed by atoms with Crippen LogP contribution in [0.5, 0.6) is 0 Å². The predicted molar refractivity (Wildman–Crippen MR) is 190 cm³/mol. The van der Waals surface area contributed by atoms with E-state index in [1.54, 1.807) is 18.2 Å². The third-order valence-corrected chi connectivity index (χ3v) is 7.88. The molecular formula is C44H28O. The molecule has 0 spiro atoms. The van der Waals surface area contributed by atoms with E-state index in [4.69, 9.17) is 16.8 Å². The van der Waals surface area contributed by atoms with Crippen molar-refractivity contribution in [2.24, 2.45) is 0 Å². The van der Waals surface area contributed by atoms with E-state index in [0.717, 1.165) is 11.1 Å². The van der Waals surface area contributed by atoms with Gasteiger partial charge in [-0.25, -0.2) is 0 Å². The van der Waals surface area contributed by atoms with E-state index in [1.165, 1.54) is 0 Å². The minimum absolute atomic E-state index is 0.143. The quantitative estimate of drug-likeness (QED) is 0.186. The highest BCUT2D eigenvalue weighted by Crippen LogP contribution is 2.45. The van der Waals surface area contributed by atoms with Gasteiger partial charge in [0.05, 0.1) is 23.3 Å². The molecule has 0 aliphatic rings. The Balaban J connectivity index is 1.47. The van der Waals surface area contributed by atoms with Gasteiger partial charge in [0.2, 0.25) is 0 Å². The summed E-state index contributed by atoms with van der Waals surface area (Å²) in [5, 5.41) is -0.944. The lowest BCUT2D eigenvalue weighted by molar-refractivity contribution is 0.670. The first-order valence-electron chi connectivity index (χ1n) is 22.6. The van der Waals surface area contributed by atoms with E-state index >= 15 is 0 Å². The molecule has 0 N–H and O–H groups in total. The monoisotopic (exact) mass is 589 g/mol. The van der Waals surface area contributed by atoms with Crippen LogP contribution in [0.4, 0.5) is 0 Å². The largest absolute Gasteiger partial charge is 0.455 e. The molecule has 0 unspecified atom stereocenters. The fraction of sp³-hybridized carbons (Fsp3) is 0. The first-order chi connectivity index (χ1) is 29.4. The van der Waals surface area contributed by atoms with E-state index in [2.05, 4.69) is 0 Å². The van der Waals surface area contributed by atoms with Crippen molar-refractivity contribution in [2.45, 2.75) is 0 Å². The summed E-state index contributed by atoms with van der Waals surface area (Å²) in [5.74, 6) is 0. The van der Waals surface area contributed by atoms with Crippen molar-refractivity contribution < 1.29 is 27.7 Å². The van der Waals surface area contributed by atoms with Crippen LogP contribution in [0.25, 0.3) is 88.0 Å². The third-order valence-electron chi connectivity index (χ3n) is 7.88. The van der Waals surface area contributed by atoms with Gasteiger partial charge in [-0.3, -0.25) is 0 Å². The smallest absolute Gasteiger partial charge is 0.143 e.